The number of anilines is 1. The number of carboxylic acids is 1. The molecular formula is C11H14F3N3O3. The van der Waals surface area contributed by atoms with Gasteiger partial charge in [-0.1, -0.05) is 0 Å². The molecule has 0 atom stereocenters. The summed E-state index contributed by atoms with van der Waals surface area (Å²) in [4.78, 5) is 18.6. The standard InChI is InChI=1S/C11H14F3N3O3/c1-7(2)20-9-3-8(15-6-16-9)17(4-10(18)19)5-11(12,13)14/h3,6-7H,4-5H2,1-2H3,(H,18,19). The Bertz CT molecular complexity index is 466. The molecule has 112 valence electrons. The molecule has 0 spiro atoms. The van der Waals surface area contributed by atoms with Crippen LogP contribution in [0, 0.1) is 0 Å². The Balaban J connectivity index is 2.97. The number of ether oxygens (including phenoxy) is 1. The van der Waals surface area contributed by atoms with Crippen LogP contribution in [-0.2, 0) is 4.79 Å². The molecule has 0 aromatic carbocycles. The molecule has 1 aromatic heterocycles. The Morgan fingerprint density at radius 2 is 2.10 bits per heavy atom. The number of alkyl halides is 3. The molecule has 6 nitrogen and oxygen atoms in total. The summed E-state index contributed by atoms with van der Waals surface area (Å²) in [5.41, 5.74) is 0. The second kappa shape index (κ2) is 6.40. The van der Waals surface area contributed by atoms with Crippen molar-refractivity contribution in [3.63, 3.8) is 0 Å². The van der Waals surface area contributed by atoms with Gasteiger partial charge in [0.15, 0.2) is 0 Å². The summed E-state index contributed by atoms with van der Waals surface area (Å²) in [6.45, 7) is 1.22. The van der Waals surface area contributed by atoms with E-state index < -0.39 is 25.2 Å². The Morgan fingerprint density at radius 3 is 2.60 bits per heavy atom. The molecular weight excluding hydrogens is 279 g/mol. The normalized spacial score (nSPS) is 11.5. The Morgan fingerprint density at radius 1 is 1.45 bits per heavy atom. The van der Waals surface area contributed by atoms with Gasteiger partial charge < -0.3 is 14.7 Å². The van der Waals surface area contributed by atoms with Gasteiger partial charge in [-0.25, -0.2) is 9.97 Å². The molecule has 0 bridgehead atoms. The minimum atomic E-state index is -4.54. The van der Waals surface area contributed by atoms with Gasteiger partial charge in [-0.2, -0.15) is 13.2 Å². The van der Waals surface area contributed by atoms with E-state index in [9.17, 15) is 18.0 Å². The Labute approximate surface area is 113 Å². The first-order chi connectivity index (χ1) is 9.17. The largest absolute Gasteiger partial charge is 0.480 e. The maximum atomic E-state index is 12.4. The number of nitrogens with zero attached hydrogens (tertiary/aromatic N) is 3. The molecule has 0 fully saturated rings. The highest BCUT2D eigenvalue weighted by atomic mass is 19.4. The first-order valence-corrected chi connectivity index (χ1v) is 5.69. The maximum Gasteiger partial charge on any atom is 0.405 e. The number of hydrogen-bond donors (Lipinski definition) is 1. The molecule has 0 unspecified atom stereocenters. The third-order valence-electron chi connectivity index (χ3n) is 2.00. The number of aliphatic carboxylic acids is 1. The van der Waals surface area contributed by atoms with Gasteiger partial charge in [-0.3, -0.25) is 4.79 Å². The molecule has 1 aromatic rings. The number of halogens is 3. The summed E-state index contributed by atoms with van der Waals surface area (Å²) in [6.07, 6.45) is -3.73. The van der Waals surface area contributed by atoms with E-state index in [0.717, 1.165) is 6.33 Å². The zero-order valence-corrected chi connectivity index (χ0v) is 10.9. The topological polar surface area (TPSA) is 75.5 Å². The monoisotopic (exact) mass is 293 g/mol. The quantitative estimate of drug-likeness (QED) is 0.860. The van der Waals surface area contributed by atoms with Gasteiger partial charge in [-0.05, 0) is 13.8 Å². The van der Waals surface area contributed by atoms with Gasteiger partial charge >= 0.3 is 12.1 Å². The number of carbonyl (C=O) groups is 1. The van der Waals surface area contributed by atoms with Crippen molar-refractivity contribution in [2.75, 3.05) is 18.0 Å². The molecule has 0 radical (unpaired) electrons. The summed E-state index contributed by atoms with van der Waals surface area (Å²) < 4.78 is 42.6. The predicted molar refractivity (Wildman–Crippen MR) is 63.7 cm³/mol. The molecule has 0 amide bonds. The van der Waals surface area contributed by atoms with Crippen molar-refractivity contribution in [2.45, 2.75) is 26.1 Å². The smallest absolute Gasteiger partial charge is 0.405 e. The Hall–Kier alpha value is -2.06. The maximum absolute atomic E-state index is 12.4. The third kappa shape index (κ3) is 5.72. The van der Waals surface area contributed by atoms with Crippen LogP contribution in [0.3, 0.4) is 0 Å². The highest BCUT2D eigenvalue weighted by Gasteiger charge is 2.32. The van der Waals surface area contributed by atoms with E-state index in [1.807, 2.05) is 0 Å². The van der Waals surface area contributed by atoms with Crippen molar-refractivity contribution < 1.29 is 27.8 Å². The summed E-state index contributed by atoms with van der Waals surface area (Å²) in [7, 11) is 0. The van der Waals surface area contributed by atoms with Crippen molar-refractivity contribution in [1.29, 1.82) is 0 Å². The number of rotatable bonds is 6. The summed E-state index contributed by atoms with van der Waals surface area (Å²) in [6, 6.07) is 1.18. The van der Waals surface area contributed by atoms with Crippen LogP contribution in [0.2, 0.25) is 0 Å². The van der Waals surface area contributed by atoms with Crippen LogP contribution in [0.4, 0.5) is 19.0 Å². The molecule has 1 N–H and O–H groups in total. The lowest BCUT2D eigenvalue weighted by Gasteiger charge is -2.23. The van der Waals surface area contributed by atoms with E-state index in [4.69, 9.17) is 9.84 Å². The fourth-order valence-electron chi connectivity index (χ4n) is 1.41. The molecule has 9 heteroatoms. The van der Waals surface area contributed by atoms with Gasteiger partial charge in [0.2, 0.25) is 5.88 Å². The van der Waals surface area contributed by atoms with Crippen molar-refractivity contribution in [2.24, 2.45) is 0 Å². The fraction of sp³-hybridized carbons (Fsp3) is 0.545. The molecule has 0 aliphatic heterocycles. The average Bonchev–Trinajstić information content (AvgIpc) is 2.25. The summed E-state index contributed by atoms with van der Waals surface area (Å²) in [5.74, 6) is -1.46. The van der Waals surface area contributed by atoms with Crippen LogP contribution in [0.15, 0.2) is 12.4 Å². The first kappa shape index (κ1) is 16.0. The molecule has 0 aliphatic carbocycles. The third-order valence-corrected chi connectivity index (χ3v) is 2.00. The van der Waals surface area contributed by atoms with Gasteiger partial charge in [0.1, 0.15) is 25.2 Å². The van der Waals surface area contributed by atoms with Gasteiger partial charge in [0.05, 0.1) is 6.10 Å². The van der Waals surface area contributed by atoms with Crippen molar-refractivity contribution >= 4 is 11.8 Å². The predicted octanol–water partition coefficient (Wildman–Crippen LogP) is 1.72. The van der Waals surface area contributed by atoms with Crippen molar-refractivity contribution in [1.82, 2.24) is 9.97 Å². The SMILES string of the molecule is CC(C)Oc1cc(N(CC(=O)O)CC(F)(F)F)ncn1. The number of hydrogen-bond acceptors (Lipinski definition) is 5. The second-order valence-corrected chi connectivity index (χ2v) is 4.25. The molecule has 20 heavy (non-hydrogen) atoms. The van der Waals surface area contributed by atoms with Crippen LogP contribution in [-0.4, -0.2) is 46.4 Å². The van der Waals surface area contributed by atoms with E-state index in [1.54, 1.807) is 13.8 Å². The number of aromatic nitrogens is 2. The minimum Gasteiger partial charge on any atom is -0.480 e. The second-order valence-electron chi connectivity index (χ2n) is 4.25. The lowest BCUT2D eigenvalue weighted by molar-refractivity contribution is -0.136. The molecule has 0 aliphatic rings. The van der Waals surface area contributed by atoms with Gasteiger partial charge in [-0.15, -0.1) is 0 Å². The molecule has 1 rings (SSSR count). The highest BCUT2D eigenvalue weighted by molar-refractivity contribution is 5.73. The lowest BCUT2D eigenvalue weighted by Crippen LogP contribution is -2.38. The number of carboxylic acid groups (broad SMARTS) is 1. The van der Waals surface area contributed by atoms with Gasteiger partial charge in [0, 0.05) is 6.07 Å². The van der Waals surface area contributed by atoms with Crippen molar-refractivity contribution in [3.8, 4) is 5.88 Å². The summed E-state index contributed by atoms with van der Waals surface area (Å²) in [5, 5.41) is 8.67. The van der Waals surface area contributed by atoms with E-state index in [1.165, 1.54) is 6.07 Å². The zero-order chi connectivity index (χ0) is 15.3. The van der Waals surface area contributed by atoms with Crippen LogP contribution in [0.5, 0.6) is 5.88 Å². The Kier molecular flexibility index (Phi) is 5.12. The zero-order valence-electron chi connectivity index (χ0n) is 10.9. The first-order valence-electron chi connectivity index (χ1n) is 5.69. The summed E-state index contributed by atoms with van der Waals surface area (Å²) >= 11 is 0. The highest BCUT2D eigenvalue weighted by Crippen LogP contribution is 2.22. The van der Waals surface area contributed by atoms with E-state index >= 15 is 0 Å². The van der Waals surface area contributed by atoms with Gasteiger partial charge in [0.25, 0.3) is 0 Å². The average molecular weight is 293 g/mol. The molecule has 0 saturated carbocycles. The molecule has 0 saturated heterocycles. The lowest BCUT2D eigenvalue weighted by atomic mass is 10.4. The molecule has 1 heterocycles. The van der Waals surface area contributed by atoms with Crippen LogP contribution < -0.4 is 9.64 Å². The fourth-order valence-corrected chi connectivity index (χ4v) is 1.41. The van der Waals surface area contributed by atoms with Crippen LogP contribution in [0.25, 0.3) is 0 Å². The van der Waals surface area contributed by atoms with E-state index in [0.29, 0.717) is 4.90 Å². The van der Waals surface area contributed by atoms with Crippen LogP contribution in [0.1, 0.15) is 13.8 Å². The van der Waals surface area contributed by atoms with Crippen molar-refractivity contribution in [3.05, 3.63) is 12.4 Å². The van der Waals surface area contributed by atoms with E-state index in [-0.39, 0.29) is 17.8 Å². The van der Waals surface area contributed by atoms with Crippen LogP contribution >= 0.6 is 0 Å². The van der Waals surface area contributed by atoms with E-state index in [2.05, 4.69) is 9.97 Å². The minimum absolute atomic E-state index is 0.0857.